The molecule has 4 heteroatoms. The van der Waals surface area contributed by atoms with Crippen LogP contribution in [0.25, 0.3) is 0 Å². The van der Waals surface area contributed by atoms with Crippen LogP contribution in [0.1, 0.15) is 32.6 Å². The average molecular weight is 240 g/mol. The van der Waals surface area contributed by atoms with Gasteiger partial charge in [-0.3, -0.25) is 9.69 Å². The van der Waals surface area contributed by atoms with Gasteiger partial charge in [-0.1, -0.05) is 13.3 Å². The second-order valence-corrected chi connectivity index (χ2v) is 5.35. The van der Waals surface area contributed by atoms with Crippen LogP contribution in [0.5, 0.6) is 0 Å². The number of rotatable bonds is 5. The molecular weight excluding hydrogens is 216 g/mol. The van der Waals surface area contributed by atoms with Crippen molar-refractivity contribution in [2.24, 2.45) is 0 Å². The molecule has 2 bridgehead atoms. The molecule has 0 spiro atoms. The van der Waals surface area contributed by atoms with Gasteiger partial charge in [-0.05, 0) is 32.9 Å². The van der Waals surface area contributed by atoms with Gasteiger partial charge in [-0.25, -0.2) is 0 Å². The van der Waals surface area contributed by atoms with E-state index in [0.29, 0.717) is 18.8 Å². The van der Waals surface area contributed by atoms with Crippen LogP contribution in [-0.2, 0) is 9.53 Å². The summed E-state index contributed by atoms with van der Waals surface area (Å²) in [6.45, 7) is 5.35. The number of nitrogens with zero attached hydrogens (tertiary/aromatic N) is 2. The van der Waals surface area contributed by atoms with E-state index in [0.717, 1.165) is 38.9 Å². The lowest BCUT2D eigenvalue weighted by Crippen LogP contribution is -2.48. The fourth-order valence-electron chi connectivity index (χ4n) is 2.66. The Morgan fingerprint density at radius 3 is 2.59 bits per heavy atom. The van der Waals surface area contributed by atoms with Crippen molar-refractivity contribution < 1.29 is 9.53 Å². The Balaban J connectivity index is 1.76. The molecule has 2 rings (SSSR count). The number of ether oxygens (including phenoxy) is 1. The third kappa shape index (κ3) is 3.42. The van der Waals surface area contributed by atoms with Crippen molar-refractivity contribution in [1.29, 1.82) is 0 Å². The predicted octanol–water partition coefficient (Wildman–Crippen LogP) is 1.11. The van der Waals surface area contributed by atoms with Gasteiger partial charge in [0.05, 0.1) is 18.8 Å². The first-order chi connectivity index (χ1) is 8.19. The first-order valence-electron chi connectivity index (χ1n) is 6.80. The van der Waals surface area contributed by atoms with Gasteiger partial charge in [0.1, 0.15) is 0 Å². The molecule has 0 aromatic rings. The van der Waals surface area contributed by atoms with Gasteiger partial charge < -0.3 is 9.64 Å². The van der Waals surface area contributed by atoms with Crippen LogP contribution < -0.4 is 0 Å². The number of hydrogen-bond acceptors (Lipinski definition) is 3. The zero-order chi connectivity index (χ0) is 12.3. The van der Waals surface area contributed by atoms with Crippen LogP contribution in [-0.4, -0.2) is 61.1 Å². The van der Waals surface area contributed by atoms with Gasteiger partial charge in [-0.15, -0.1) is 0 Å². The highest BCUT2D eigenvalue weighted by Gasteiger charge is 2.35. The number of likely N-dealkylation sites (tertiary alicyclic amines) is 1. The molecule has 1 amide bonds. The molecule has 2 unspecified atom stereocenters. The van der Waals surface area contributed by atoms with E-state index in [4.69, 9.17) is 4.74 Å². The number of amides is 1. The molecule has 0 aliphatic carbocycles. The molecule has 0 aromatic carbocycles. The van der Waals surface area contributed by atoms with Crippen molar-refractivity contribution in [3.63, 3.8) is 0 Å². The number of fused-ring (bicyclic) bond motifs is 2. The number of likely N-dealkylation sites (N-methyl/N-ethyl adjacent to an activating group) is 1. The van der Waals surface area contributed by atoms with Crippen molar-refractivity contribution in [3.05, 3.63) is 0 Å². The summed E-state index contributed by atoms with van der Waals surface area (Å²) in [6.07, 6.45) is 5.20. The van der Waals surface area contributed by atoms with E-state index >= 15 is 0 Å². The van der Waals surface area contributed by atoms with E-state index in [1.54, 1.807) is 0 Å². The molecule has 17 heavy (non-hydrogen) atoms. The maximum Gasteiger partial charge on any atom is 0.236 e. The third-order valence-corrected chi connectivity index (χ3v) is 3.69. The summed E-state index contributed by atoms with van der Waals surface area (Å²) >= 11 is 0. The third-order valence-electron chi connectivity index (χ3n) is 3.69. The summed E-state index contributed by atoms with van der Waals surface area (Å²) in [7, 11) is 2.03. The first kappa shape index (κ1) is 12.8. The maximum atomic E-state index is 12.1. The maximum absolute atomic E-state index is 12.1. The molecule has 0 aromatic heterocycles. The SMILES string of the molecule is CCCCN(C)CC(=O)N1CC2CCC(C1)O2. The van der Waals surface area contributed by atoms with Crippen LogP contribution in [0.15, 0.2) is 0 Å². The average Bonchev–Trinajstić information content (AvgIpc) is 2.65. The molecule has 98 valence electrons. The Morgan fingerprint density at radius 2 is 2.00 bits per heavy atom. The summed E-state index contributed by atoms with van der Waals surface area (Å²) in [5.41, 5.74) is 0. The van der Waals surface area contributed by atoms with Crippen LogP contribution in [0.4, 0.5) is 0 Å². The van der Waals surface area contributed by atoms with Crippen LogP contribution in [0.2, 0.25) is 0 Å². The smallest absolute Gasteiger partial charge is 0.236 e. The highest BCUT2D eigenvalue weighted by molar-refractivity contribution is 5.78. The molecular formula is C13H24N2O2. The van der Waals surface area contributed by atoms with Crippen molar-refractivity contribution in [3.8, 4) is 0 Å². The molecule has 2 heterocycles. The summed E-state index contributed by atoms with van der Waals surface area (Å²) in [4.78, 5) is 16.2. The van der Waals surface area contributed by atoms with E-state index in [2.05, 4.69) is 11.8 Å². The van der Waals surface area contributed by atoms with Crippen LogP contribution in [0.3, 0.4) is 0 Å². The number of carbonyl (C=O) groups excluding carboxylic acids is 1. The normalized spacial score (nSPS) is 27.8. The molecule has 4 nitrogen and oxygen atoms in total. The summed E-state index contributed by atoms with van der Waals surface area (Å²) in [6, 6.07) is 0. The van der Waals surface area contributed by atoms with E-state index in [1.807, 2.05) is 11.9 Å². The summed E-state index contributed by atoms with van der Waals surface area (Å²) in [5.74, 6) is 0.267. The van der Waals surface area contributed by atoms with Crippen molar-refractivity contribution in [1.82, 2.24) is 9.80 Å². The lowest BCUT2D eigenvalue weighted by atomic mass is 10.2. The fourth-order valence-corrected chi connectivity index (χ4v) is 2.66. The number of hydrogen-bond donors (Lipinski definition) is 0. The van der Waals surface area contributed by atoms with Gasteiger partial charge in [0.2, 0.25) is 5.91 Å². The second-order valence-electron chi connectivity index (χ2n) is 5.35. The molecule has 2 aliphatic heterocycles. The Hall–Kier alpha value is -0.610. The molecule has 2 aliphatic rings. The molecule has 0 radical (unpaired) electrons. The Morgan fingerprint density at radius 1 is 1.35 bits per heavy atom. The van der Waals surface area contributed by atoms with Crippen LogP contribution >= 0.6 is 0 Å². The monoisotopic (exact) mass is 240 g/mol. The van der Waals surface area contributed by atoms with E-state index < -0.39 is 0 Å². The second kappa shape index (κ2) is 5.83. The summed E-state index contributed by atoms with van der Waals surface area (Å²) in [5, 5.41) is 0. The minimum atomic E-state index is 0.267. The largest absolute Gasteiger partial charge is 0.371 e. The molecule has 2 fully saturated rings. The molecule has 2 atom stereocenters. The Labute approximate surface area is 104 Å². The highest BCUT2D eigenvalue weighted by atomic mass is 16.5. The van der Waals surface area contributed by atoms with E-state index in [9.17, 15) is 4.79 Å². The van der Waals surface area contributed by atoms with Crippen molar-refractivity contribution in [2.75, 3.05) is 33.2 Å². The topological polar surface area (TPSA) is 32.8 Å². The quantitative estimate of drug-likeness (QED) is 0.721. The van der Waals surface area contributed by atoms with Gasteiger partial charge in [0.15, 0.2) is 0 Å². The van der Waals surface area contributed by atoms with Crippen molar-refractivity contribution >= 4 is 5.91 Å². The first-order valence-corrected chi connectivity index (χ1v) is 6.80. The van der Waals surface area contributed by atoms with E-state index in [1.165, 1.54) is 6.42 Å². The van der Waals surface area contributed by atoms with Gasteiger partial charge in [0.25, 0.3) is 0 Å². The lowest BCUT2D eigenvalue weighted by Gasteiger charge is -2.33. The predicted molar refractivity (Wildman–Crippen MR) is 66.9 cm³/mol. The standard InChI is InChI=1S/C13H24N2O2/c1-3-4-7-14(2)10-13(16)15-8-11-5-6-12(9-15)17-11/h11-12H,3-10H2,1-2H3. The van der Waals surface area contributed by atoms with Crippen molar-refractivity contribution in [2.45, 2.75) is 44.8 Å². The minimum absolute atomic E-state index is 0.267. The van der Waals surface area contributed by atoms with Gasteiger partial charge >= 0.3 is 0 Å². The minimum Gasteiger partial charge on any atom is -0.371 e. The molecule has 2 saturated heterocycles. The van der Waals surface area contributed by atoms with Gasteiger partial charge in [0, 0.05) is 13.1 Å². The Kier molecular flexibility index (Phi) is 4.40. The molecule has 0 saturated carbocycles. The zero-order valence-electron chi connectivity index (χ0n) is 11.0. The Bertz CT molecular complexity index is 258. The van der Waals surface area contributed by atoms with Gasteiger partial charge in [-0.2, -0.15) is 0 Å². The number of morpholine rings is 1. The number of carbonyl (C=O) groups is 1. The summed E-state index contributed by atoms with van der Waals surface area (Å²) < 4.78 is 5.74. The lowest BCUT2D eigenvalue weighted by molar-refractivity contribution is -0.140. The fraction of sp³-hybridized carbons (Fsp3) is 0.923. The highest BCUT2D eigenvalue weighted by Crippen LogP contribution is 2.26. The van der Waals surface area contributed by atoms with E-state index in [-0.39, 0.29) is 5.91 Å². The number of unbranched alkanes of at least 4 members (excludes halogenated alkanes) is 1. The van der Waals surface area contributed by atoms with Crippen LogP contribution in [0, 0.1) is 0 Å². The zero-order valence-corrected chi connectivity index (χ0v) is 11.0. The molecule has 0 N–H and O–H groups in total.